The molecule has 0 amide bonds. The minimum atomic E-state index is -0.878. The van der Waals surface area contributed by atoms with E-state index in [1.54, 1.807) is 25.1 Å². The summed E-state index contributed by atoms with van der Waals surface area (Å²) in [4.78, 5) is 3.81. The maximum absolute atomic E-state index is 13.7. The van der Waals surface area contributed by atoms with Gasteiger partial charge in [0.25, 0.3) is 5.88 Å². The van der Waals surface area contributed by atoms with Crippen LogP contribution in [0, 0.1) is 11.6 Å². The Morgan fingerprint density at radius 1 is 1.24 bits per heavy atom. The third kappa shape index (κ3) is 3.60. The summed E-state index contributed by atoms with van der Waals surface area (Å²) in [5.41, 5.74) is 0. The second kappa shape index (κ2) is 6.71. The summed E-state index contributed by atoms with van der Waals surface area (Å²) in [5, 5.41) is 2.70. The van der Waals surface area contributed by atoms with Crippen LogP contribution in [0.15, 0.2) is 28.7 Å². The van der Waals surface area contributed by atoms with Crippen LogP contribution in [0.4, 0.5) is 14.6 Å². The quantitative estimate of drug-likeness (QED) is 0.862. The van der Waals surface area contributed by atoms with Gasteiger partial charge in [-0.25, -0.2) is 8.78 Å². The van der Waals surface area contributed by atoms with E-state index >= 15 is 0 Å². The van der Waals surface area contributed by atoms with E-state index in [4.69, 9.17) is 9.47 Å². The molecule has 0 radical (unpaired) electrons. The molecule has 1 N–H and O–H groups in total. The number of rotatable bonds is 5. The SMILES string of the molecule is CCNc1nc(Oc2ccc(OC)cc2Br)c(F)cc1F. The largest absolute Gasteiger partial charge is 0.497 e. The Kier molecular flexibility index (Phi) is 4.95. The van der Waals surface area contributed by atoms with Crippen molar-refractivity contribution in [2.45, 2.75) is 6.92 Å². The van der Waals surface area contributed by atoms with Crippen molar-refractivity contribution >= 4 is 21.7 Å². The normalized spacial score (nSPS) is 10.3. The van der Waals surface area contributed by atoms with E-state index in [0.29, 0.717) is 22.5 Å². The van der Waals surface area contributed by atoms with E-state index in [1.165, 1.54) is 7.11 Å². The second-order valence-electron chi connectivity index (χ2n) is 4.03. The fourth-order valence-corrected chi connectivity index (χ4v) is 2.05. The van der Waals surface area contributed by atoms with Crippen LogP contribution < -0.4 is 14.8 Å². The molecular weight excluding hydrogens is 346 g/mol. The molecule has 112 valence electrons. The number of ether oxygens (including phenoxy) is 2. The van der Waals surface area contributed by atoms with Gasteiger partial charge in [-0.1, -0.05) is 0 Å². The Balaban J connectivity index is 2.32. The number of methoxy groups -OCH3 is 1. The number of nitrogens with one attached hydrogen (secondary N) is 1. The van der Waals surface area contributed by atoms with Crippen molar-refractivity contribution in [3.63, 3.8) is 0 Å². The molecule has 2 aromatic rings. The molecule has 0 atom stereocenters. The zero-order valence-corrected chi connectivity index (χ0v) is 13.0. The summed E-state index contributed by atoms with van der Waals surface area (Å²) >= 11 is 3.29. The van der Waals surface area contributed by atoms with Crippen LogP contribution in [0.3, 0.4) is 0 Å². The minimum Gasteiger partial charge on any atom is -0.497 e. The van der Waals surface area contributed by atoms with Gasteiger partial charge in [0.05, 0.1) is 11.6 Å². The Morgan fingerprint density at radius 3 is 2.62 bits per heavy atom. The average molecular weight is 359 g/mol. The van der Waals surface area contributed by atoms with Gasteiger partial charge in [0.1, 0.15) is 11.5 Å². The lowest BCUT2D eigenvalue weighted by molar-refractivity contribution is 0.404. The maximum Gasteiger partial charge on any atom is 0.258 e. The van der Waals surface area contributed by atoms with Gasteiger partial charge in [-0.3, -0.25) is 0 Å². The van der Waals surface area contributed by atoms with Crippen molar-refractivity contribution in [1.29, 1.82) is 0 Å². The molecule has 2 rings (SSSR count). The number of halogens is 3. The highest BCUT2D eigenvalue weighted by Crippen LogP contribution is 2.33. The average Bonchev–Trinajstić information content (AvgIpc) is 2.46. The number of hydrogen-bond acceptors (Lipinski definition) is 4. The molecule has 0 unspecified atom stereocenters. The summed E-state index contributed by atoms with van der Waals surface area (Å²) in [6.07, 6.45) is 0. The molecule has 4 nitrogen and oxygen atoms in total. The lowest BCUT2D eigenvalue weighted by Crippen LogP contribution is -2.04. The van der Waals surface area contributed by atoms with Crippen LogP contribution in [-0.4, -0.2) is 18.6 Å². The molecule has 1 aromatic heterocycles. The van der Waals surface area contributed by atoms with Crippen LogP contribution in [0.1, 0.15) is 6.92 Å². The third-order valence-electron chi connectivity index (χ3n) is 2.59. The van der Waals surface area contributed by atoms with Crippen LogP contribution in [0.5, 0.6) is 17.4 Å². The summed E-state index contributed by atoms with van der Waals surface area (Å²) in [6.45, 7) is 2.24. The van der Waals surface area contributed by atoms with Gasteiger partial charge in [0, 0.05) is 12.6 Å². The summed E-state index contributed by atoms with van der Waals surface area (Å²) < 4.78 is 38.2. The molecule has 0 aliphatic carbocycles. The van der Waals surface area contributed by atoms with Crippen LogP contribution in [0.25, 0.3) is 0 Å². The van der Waals surface area contributed by atoms with E-state index in [-0.39, 0.29) is 11.7 Å². The Labute approximate surface area is 129 Å². The van der Waals surface area contributed by atoms with Gasteiger partial charge in [0.2, 0.25) is 0 Å². The van der Waals surface area contributed by atoms with E-state index in [1.807, 2.05) is 0 Å². The van der Waals surface area contributed by atoms with E-state index in [0.717, 1.165) is 6.07 Å². The lowest BCUT2D eigenvalue weighted by Gasteiger charge is -2.11. The predicted molar refractivity (Wildman–Crippen MR) is 79.1 cm³/mol. The smallest absolute Gasteiger partial charge is 0.258 e. The highest BCUT2D eigenvalue weighted by molar-refractivity contribution is 9.10. The van der Waals surface area contributed by atoms with Crippen molar-refractivity contribution in [3.8, 4) is 17.4 Å². The Hall–Kier alpha value is -1.89. The second-order valence-corrected chi connectivity index (χ2v) is 4.89. The van der Waals surface area contributed by atoms with E-state index in [2.05, 4.69) is 26.2 Å². The molecule has 21 heavy (non-hydrogen) atoms. The van der Waals surface area contributed by atoms with Gasteiger partial charge in [0.15, 0.2) is 17.5 Å². The highest BCUT2D eigenvalue weighted by Gasteiger charge is 2.15. The molecule has 1 aromatic carbocycles. The molecule has 0 aliphatic heterocycles. The van der Waals surface area contributed by atoms with E-state index < -0.39 is 11.6 Å². The fraction of sp³-hybridized carbons (Fsp3) is 0.214. The molecular formula is C14H13BrF2N2O2. The van der Waals surface area contributed by atoms with Crippen LogP contribution >= 0.6 is 15.9 Å². The van der Waals surface area contributed by atoms with Gasteiger partial charge < -0.3 is 14.8 Å². The van der Waals surface area contributed by atoms with Crippen molar-refractivity contribution in [3.05, 3.63) is 40.4 Å². The molecule has 7 heteroatoms. The molecule has 0 fully saturated rings. The molecule has 0 saturated carbocycles. The van der Waals surface area contributed by atoms with Crippen molar-refractivity contribution in [2.24, 2.45) is 0 Å². The first-order chi connectivity index (χ1) is 10.0. The van der Waals surface area contributed by atoms with Gasteiger partial charge in [-0.2, -0.15) is 4.98 Å². The zero-order chi connectivity index (χ0) is 15.4. The number of pyridine rings is 1. The lowest BCUT2D eigenvalue weighted by atomic mass is 10.3. The van der Waals surface area contributed by atoms with Gasteiger partial charge in [-0.05, 0) is 41.1 Å². The van der Waals surface area contributed by atoms with Gasteiger partial charge >= 0.3 is 0 Å². The van der Waals surface area contributed by atoms with Crippen molar-refractivity contribution < 1.29 is 18.3 Å². The van der Waals surface area contributed by atoms with Crippen LogP contribution in [-0.2, 0) is 0 Å². The maximum atomic E-state index is 13.7. The van der Waals surface area contributed by atoms with E-state index in [9.17, 15) is 8.78 Å². The first kappa shape index (κ1) is 15.5. The van der Waals surface area contributed by atoms with Crippen LogP contribution in [0.2, 0.25) is 0 Å². The number of nitrogens with zero attached hydrogens (tertiary/aromatic N) is 1. The summed E-state index contributed by atoms with van der Waals surface area (Å²) in [7, 11) is 1.53. The summed E-state index contributed by atoms with van der Waals surface area (Å²) in [5.74, 6) is -1.05. The Bertz CT molecular complexity index is 653. The third-order valence-corrected chi connectivity index (χ3v) is 3.21. The number of aromatic nitrogens is 1. The summed E-state index contributed by atoms with van der Waals surface area (Å²) in [6, 6.07) is 5.66. The van der Waals surface area contributed by atoms with Crippen molar-refractivity contribution in [1.82, 2.24) is 4.98 Å². The topological polar surface area (TPSA) is 43.4 Å². The minimum absolute atomic E-state index is 0.0569. The number of anilines is 1. The van der Waals surface area contributed by atoms with Crippen molar-refractivity contribution in [2.75, 3.05) is 19.0 Å². The molecule has 0 bridgehead atoms. The number of hydrogen-bond donors (Lipinski definition) is 1. The zero-order valence-electron chi connectivity index (χ0n) is 11.4. The standard InChI is InChI=1S/C14H13BrF2N2O2/c1-3-18-13-10(16)7-11(17)14(19-13)21-12-5-4-8(20-2)6-9(12)15/h4-7H,3H2,1-2H3,(H,18,19). The monoisotopic (exact) mass is 358 g/mol. The first-order valence-corrected chi connectivity index (χ1v) is 6.95. The number of benzene rings is 1. The van der Waals surface area contributed by atoms with Gasteiger partial charge in [-0.15, -0.1) is 0 Å². The first-order valence-electron chi connectivity index (χ1n) is 6.16. The molecule has 1 heterocycles. The molecule has 0 aliphatic rings. The molecule has 0 saturated heterocycles. The Morgan fingerprint density at radius 2 is 2.00 bits per heavy atom. The highest BCUT2D eigenvalue weighted by atomic mass is 79.9. The fourth-order valence-electron chi connectivity index (χ4n) is 1.61. The predicted octanol–water partition coefficient (Wildman–Crippen LogP) is 4.36. The molecule has 0 spiro atoms.